The molecule has 2 heteroatoms. The molecule has 0 N–H and O–H groups in total. The molecule has 0 saturated heterocycles. The zero-order valence-electron chi connectivity index (χ0n) is 2.10. The topological polar surface area (TPSA) is 36.4 Å². The summed E-state index contributed by atoms with van der Waals surface area (Å²) in [6.07, 6.45) is 0. The molecule has 0 aliphatic carbocycles. The highest BCUT2D eigenvalue weighted by atomic mass is 14.8. The number of hydrogen-bond acceptors (Lipinski definition) is 0. The van der Waals surface area contributed by atoms with E-state index >= 15 is 0 Å². The Morgan fingerprint density at radius 1 is 2.00 bits per heavy atom. The molecule has 0 bridgehead atoms. The number of rotatable bonds is 0. The smallest absolute Gasteiger partial charge is 0.291 e. The van der Waals surface area contributed by atoms with E-state index in [1.54, 1.807) is 0 Å². The van der Waals surface area contributed by atoms with Crippen molar-refractivity contribution in [3.05, 3.63) is 12.1 Å². The number of nitrogens with zero attached hydrogens (tertiary/aromatic N) is 2. The molecule has 0 aromatic carbocycles. The average molecular weight is 54.1 g/mol. The van der Waals surface area contributed by atoms with Gasteiger partial charge in [-0.3, -0.25) is 0 Å². The molecule has 20 valence electrons. The van der Waals surface area contributed by atoms with Gasteiger partial charge in [0.05, 0.1) is 0 Å². The summed E-state index contributed by atoms with van der Waals surface area (Å²) in [5.74, 6) is 1.86. The van der Waals surface area contributed by atoms with Gasteiger partial charge in [-0.2, -0.15) is 0 Å². The van der Waals surface area contributed by atoms with Crippen LogP contribution in [0, 0.1) is 0 Å². The summed E-state index contributed by atoms with van der Waals surface area (Å²) in [6, 6.07) is 0. The van der Waals surface area contributed by atoms with Crippen LogP contribution in [0.2, 0.25) is 0 Å². The molecule has 0 radical (unpaired) electrons. The third-order valence-corrected chi connectivity index (χ3v) is 0.0707. The zero-order chi connectivity index (χ0) is 3.41. The van der Waals surface area contributed by atoms with Gasteiger partial charge in [0.1, 0.15) is 0 Å². The molecule has 0 aromatic heterocycles. The van der Waals surface area contributed by atoms with Gasteiger partial charge in [-0.1, -0.05) is 0 Å². The Hall–Kier alpha value is -0.840. The molecule has 0 unspecified atom stereocenters. The molecule has 0 spiro atoms. The van der Waals surface area contributed by atoms with Crippen LogP contribution in [0.5, 0.6) is 0 Å². The minimum Gasteiger partial charge on any atom is -0.348 e. The van der Waals surface area contributed by atoms with Crippen LogP contribution in [-0.2, 0) is 0 Å². The summed E-state index contributed by atoms with van der Waals surface area (Å²) in [5.41, 5.74) is 7.33. The highest BCUT2D eigenvalue weighted by molar-refractivity contribution is 5.38. The van der Waals surface area contributed by atoms with Crippen LogP contribution in [0.4, 0.5) is 0 Å². The Morgan fingerprint density at radius 3 is 2.25 bits per heavy atom. The fraction of sp³-hybridized carbons (Fsp3) is 0. The minimum atomic E-state index is 1.86. The highest BCUT2D eigenvalue weighted by Crippen LogP contribution is 1.03. The Morgan fingerprint density at radius 2 is 2.25 bits per heavy atom. The first-order chi connectivity index (χ1) is 1.91. The van der Waals surface area contributed by atoms with E-state index in [2.05, 4.69) is 11.4 Å². The summed E-state index contributed by atoms with van der Waals surface area (Å²) < 4.78 is 0. The molecule has 4 heavy (non-hydrogen) atoms. The molecular formula is C2H2N2. The van der Waals surface area contributed by atoms with E-state index < -0.39 is 0 Å². The summed E-state index contributed by atoms with van der Waals surface area (Å²) >= 11 is 0. The second kappa shape index (κ2) is 2.16. The first-order valence-electron chi connectivity index (χ1n) is 0.777. The van der Waals surface area contributed by atoms with Gasteiger partial charge in [-0.05, 0) is 0 Å². The van der Waals surface area contributed by atoms with E-state index in [-0.39, 0.29) is 0 Å². The minimum absolute atomic E-state index is 1.86. The van der Waals surface area contributed by atoms with Gasteiger partial charge in [-0.15, -0.1) is 4.79 Å². The summed E-state index contributed by atoms with van der Waals surface area (Å²) in [7, 11) is 0. The van der Waals surface area contributed by atoms with E-state index in [1.165, 1.54) is 0 Å². The highest BCUT2D eigenvalue weighted by Gasteiger charge is 1.21. The molecule has 0 aromatic rings. The second-order valence-electron chi connectivity index (χ2n) is 0.258. The normalized spacial score (nSPS) is 3.00. The lowest BCUT2D eigenvalue weighted by Crippen LogP contribution is -1.34. The van der Waals surface area contributed by atoms with Crippen molar-refractivity contribution in [2.45, 2.75) is 0 Å². The summed E-state index contributed by atoms with van der Waals surface area (Å²) in [4.78, 5) is 2.38. The maximum Gasteiger partial charge on any atom is 0.291 e. The predicted molar refractivity (Wildman–Crippen MR) is 14.3 cm³/mol. The van der Waals surface area contributed by atoms with Gasteiger partial charge in [0.2, 0.25) is 0 Å². The lowest BCUT2D eigenvalue weighted by molar-refractivity contribution is 0.00832. The Kier molecular flexibility index (Phi) is 1.71. The van der Waals surface area contributed by atoms with Crippen molar-refractivity contribution in [1.29, 1.82) is 0 Å². The largest absolute Gasteiger partial charge is 0.348 e. The Bertz CT molecular complexity index is 54.1. The molecule has 0 aliphatic heterocycles. The van der Waals surface area contributed by atoms with Crippen molar-refractivity contribution in [3.63, 3.8) is 0 Å². The van der Waals surface area contributed by atoms with Gasteiger partial charge in [-0.25, -0.2) is 0 Å². The van der Waals surface area contributed by atoms with E-state index in [4.69, 9.17) is 5.53 Å². The van der Waals surface area contributed by atoms with Gasteiger partial charge in [0.15, 0.2) is 0 Å². The molecule has 0 amide bonds. The van der Waals surface area contributed by atoms with Crippen molar-refractivity contribution in [3.8, 4) is 0 Å². The molecule has 0 fully saturated rings. The Balaban J connectivity index is 3.95. The van der Waals surface area contributed by atoms with Gasteiger partial charge in [0, 0.05) is 6.58 Å². The monoisotopic (exact) mass is 54.0 g/mol. The van der Waals surface area contributed by atoms with Gasteiger partial charge >= 0.3 is 0 Å². The molecular weight excluding hydrogens is 52.0 g/mol. The SMILES string of the molecule is C=C=[N+]=[N-]. The summed E-state index contributed by atoms with van der Waals surface area (Å²) in [6.45, 7) is 2.94. The van der Waals surface area contributed by atoms with Gasteiger partial charge in [0.25, 0.3) is 5.87 Å². The van der Waals surface area contributed by atoms with E-state index in [9.17, 15) is 0 Å². The van der Waals surface area contributed by atoms with Crippen molar-refractivity contribution < 1.29 is 4.79 Å². The fourth-order valence-electron chi connectivity index (χ4n) is 0. The lowest BCUT2D eigenvalue weighted by atomic mass is 11.2. The third-order valence-electron chi connectivity index (χ3n) is 0.0707. The van der Waals surface area contributed by atoms with Crippen LogP contribution in [0.3, 0.4) is 0 Å². The van der Waals surface area contributed by atoms with Crippen LogP contribution in [0.15, 0.2) is 6.58 Å². The molecule has 2 nitrogen and oxygen atoms in total. The van der Waals surface area contributed by atoms with Crippen LogP contribution in [0.25, 0.3) is 5.53 Å². The fourth-order valence-corrected chi connectivity index (χ4v) is 0. The Labute approximate surface area is 24.0 Å². The van der Waals surface area contributed by atoms with Crippen molar-refractivity contribution in [2.75, 3.05) is 0 Å². The van der Waals surface area contributed by atoms with E-state index in [1.807, 2.05) is 5.87 Å². The molecule has 0 atom stereocenters. The first-order valence-corrected chi connectivity index (χ1v) is 0.777. The maximum atomic E-state index is 7.33. The second-order valence-corrected chi connectivity index (χ2v) is 0.258. The summed E-state index contributed by atoms with van der Waals surface area (Å²) in [5, 5.41) is 0. The predicted octanol–water partition coefficient (Wildman–Crippen LogP) is 0.0719. The molecule has 0 heterocycles. The molecule has 0 aliphatic rings. The van der Waals surface area contributed by atoms with E-state index in [0.717, 1.165) is 0 Å². The standard InChI is InChI=1S/C2H2N2/c1-2-4-3/h1H2. The van der Waals surface area contributed by atoms with E-state index in [0.29, 0.717) is 0 Å². The van der Waals surface area contributed by atoms with Crippen LogP contribution < -0.4 is 0 Å². The first kappa shape index (κ1) is 3.16. The quantitative estimate of drug-likeness (QED) is 0.213. The van der Waals surface area contributed by atoms with Crippen molar-refractivity contribution in [1.82, 2.24) is 0 Å². The van der Waals surface area contributed by atoms with Crippen LogP contribution >= 0.6 is 0 Å². The zero-order valence-corrected chi connectivity index (χ0v) is 2.10. The lowest BCUT2D eigenvalue weighted by Gasteiger charge is -1.18. The van der Waals surface area contributed by atoms with Gasteiger partial charge < -0.3 is 5.53 Å². The van der Waals surface area contributed by atoms with Crippen molar-refractivity contribution >= 4 is 5.87 Å². The maximum absolute atomic E-state index is 7.33. The van der Waals surface area contributed by atoms with Crippen LogP contribution in [-0.4, -0.2) is 10.7 Å². The number of hydrogen-bond donors (Lipinski definition) is 0. The molecule has 0 saturated carbocycles. The molecule has 0 rings (SSSR count). The van der Waals surface area contributed by atoms with Crippen molar-refractivity contribution in [2.24, 2.45) is 0 Å². The third kappa shape index (κ3) is 1.16. The average Bonchev–Trinajstić information content (AvgIpc) is 1.37. The van der Waals surface area contributed by atoms with Crippen LogP contribution in [0.1, 0.15) is 0 Å².